The molecule has 3 aromatic rings. The van der Waals surface area contributed by atoms with Gasteiger partial charge in [0.25, 0.3) is 5.91 Å². The molecule has 9 heteroatoms. The van der Waals surface area contributed by atoms with Crippen molar-refractivity contribution in [1.82, 2.24) is 9.62 Å². The van der Waals surface area contributed by atoms with E-state index in [-0.39, 0.29) is 5.92 Å². The van der Waals surface area contributed by atoms with E-state index in [1.54, 1.807) is 11.0 Å². The number of nitrogens with one attached hydrogen (secondary N) is 1. The highest BCUT2D eigenvalue weighted by molar-refractivity contribution is 7.89. The van der Waals surface area contributed by atoms with Crippen LogP contribution in [0.4, 0.5) is 4.79 Å². The van der Waals surface area contributed by atoms with Crippen LogP contribution in [-0.4, -0.2) is 54.9 Å². The smallest absolute Gasteiger partial charge is 0.410 e. The molecule has 0 saturated heterocycles. The molecule has 232 valence electrons. The maximum atomic E-state index is 13.2. The normalized spacial score (nSPS) is 13.3. The topological polar surface area (TPSA) is 113 Å². The van der Waals surface area contributed by atoms with Crippen LogP contribution in [0.2, 0.25) is 0 Å². The predicted molar refractivity (Wildman–Crippen MR) is 170 cm³/mol. The van der Waals surface area contributed by atoms with Crippen LogP contribution in [0, 0.1) is 5.92 Å². The molecular weight excluding hydrogens is 564 g/mol. The lowest BCUT2D eigenvalue weighted by atomic mass is 9.93. The third-order valence-electron chi connectivity index (χ3n) is 6.90. The zero-order chi connectivity index (χ0) is 31.9. The van der Waals surface area contributed by atoms with E-state index in [1.165, 1.54) is 0 Å². The number of aliphatic hydroxyl groups excluding tert-OH is 1. The van der Waals surface area contributed by atoms with E-state index in [1.807, 2.05) is 108 Å². The number of carbonyl (C=O) groups excluding carboxylic acids is 2. The molecule has 0 unspecified atom stereocenters. The van der Waals surface area contributed by atoms with Gasteiger partial charge in [-0.2, -0.15) is 0 Å². The first-order chi connectivity index (χ1) is 20.0. The van der Waals surface area contributed by atoms with Gasteiger partial charge in [-0.15, -0.1) is 0 Å². The molecule has 2 amide bonds. The number of ether oxygens (including phenoxy) is 1. The van der Waals surface area contributed by atoms with Gasteiger partial charge in [-0.05, 0) is 80.3 Å². The third-order valence-corrected chi connectivity index (χ3v) is 7.46. The lowest BCUT2D eigenvalue weighted by Crippen LogP contribution is -2.45. The molecule has 0 spiro atoms. The monoisotopic (exact) mass is 608 g/mol. The van der Waals surface area contributed by atoms with Crippen LogP contribution >= 0.6 is 0 Å². The molecule has 2 atom stereocenters. The van der Waals surface area contributed by atoms with E-state index < -0.39 is 39.8 Å². The SMILES string of the molecule is CC(C)Cc1cc(-c2ccc(CCN(C(=O)OC(C)(C)C)[C@@H](C)[C@H](O)c3ccccc3)cc2)ccc1C(=O)NS(C)(=O)=O. The lowest BCUT2D eigenvalue weighted by Gasteiger charge is -2.34. The summed E-state index contributed by atoms with van der Waals surface area (Å²) < 4.78 is 31.0. The molecule has 0 aliphatic heterocycles. The van der Waals surface area contributed by atoms with Gasteiger partial charge in [-0.25, -0.2) is 17.9 Å². The van der Waals surface area contributed by atoms with Crippen LogP contribution < -0.4 is 4.72 Å². The van der Waals surface area contributed by atoms with Crippen LogP contribution in [0.5, 0.6) is 0 Å². The van der Waals surface area contributed by atoms with Crippen molar-refractivity contribution < 1.29 is 27.9 Å². The van der Waals surface area contributed by atoms with Crippen LogP contribution in [0.1, 0.15) is 74.7 Å². The molecule has 0 fully saturated rings. The Morgan fingerprint density at radius 1 is 0.930 bits per heavy atom. The summed E-state index contributed by atoms with van der Waals surface area (Å²) in [5.41, 5.74) is 4.03. The molecule has 0 heterocycles. The van der Waals surface area contributed by atoms with E-state index in [0.29, 0.717) is 24.9 Å². The lowest BCUT2D eigenvalue weighted by molar-refractivity contribution is -0.00239. The minimum atomic E-state index is -3.68. The summed E-state index contributed by atoms with van der Waals surface area (Å²) in [7, 11) is -3.68. The van der Waals surface area contributed by atoms with Crippen LogP contribution in [0.25, 0.3) is 11.1 Å². The van der Waals surface area contributed by atoms with Crippen molar-refractivity contribution in [3.05, 3.63) is 95.1 Å². The predicted octanol–water partition coefficient (Wildman–Crippen LogP) is 6.14. The number of rotatable bonds is 11. The standard InChI is InChI=1S/C34H44N2O6S/c1-23(2)21-29-22-28(17-18-30(29)32(38)35-43(7,40)41)26-15-13-25(14-16-26)19-20-36(33(39)42-34(4,5)6)24(3)31(37)27-11-9-8-10-12-27/h8-18,22-24,31,37H,19-21H2,1-7H3,(H,35,38)/t24-,31-/m0/s1. The molecule has 0 radical (unpaired) electrons. The van der Waals surface area contributed by atoms with Gasteiger partial charge in [-0.3, -0.25) is 4.79 Å². The second-order valence-electron chi connectivity index (χ2n) is 12.4. The zero-order valence-corrected chi connectivity index (χ0v) is 26.9. The van der Waals surface area contributed by atoms with E-state index in [0.717, 1.165) is 34.1 Å². The molecule has 0 saturated carbocycles. The quantitative estimate of drug-likeness (QED) is 0.270. The molecule has 0 aliphatic rings. The first-order valence-corrected chi connectivity index (χ1v) is 16.4. The minimum absolute atomic E-state index is 0.262. The van der Waals surface area contributed by atoms with Crippen LogP contribution in [0.15, 0.2) is 72.8 Å². The van der Waals surface area contributed by atoms with Crippen molar-refractivity contribution in [3.8, 4) is 11.1 Å². The summed E-state index contributed by atoms with van der Waals surface area (Å²) in [5, 5.41) is 11.0. The highest BCUT2D eigenvalue weighted by atomic mass is 32.2. The van der Waals surface area contributed by atoms with E-state index in [2.05, 4.69) is 4.72 Å². The van der Waals surface area contributed by atoms with Crippen molar-refractivity contribution in [2.75, 3.05) is 12.8 Å². The van der Waals surface area contributed by atoms with Gasteiger partial charge in [0.15, 0.2) is 0 Å². The number of amides is 2. The van der Waals surface area contributed by atoms with Crippen molar-refractivity contribution in [2.24, 2.45) is 5.92 Å². The fraction of sp³-hybridized carbons (Fsp3) is 0.412. The molecule has 0 bridgehead atoms. The molecule has 3 rings (SSSR count). The molecule has 2 N–H and O–H groups in total. The number of nitrogens with zero attached hydrogens (tertiary/aromatic N) is 1. The molecule has 3 aromatic carbocycles. The van der Waals surface area contributed by atoms with Gasteiger partial charge in [-0.1, -0.05) is 80.6 Å². The van der Waals surface area contributed by atoms with Gasteiger partial charge in [0.05, 0.1) is 18.4 Å². The highest BCUT2D eigenvalue weighted by Crippen LogP contribution is 2.27. The fourth-order valence-electron chi connectivity index (χ4n) is 4.82. The Labute approximate surface area is 256 Å². The van der Waals surface area contributed by atoms with Gasteiger partial charge < -0.3 is 14.7 Å². The minimum Gasteiger partial charge on any atom is -0.444 e. The van der Waals surface area contributed by atoms with Crippen molar-refractivity contribution in [2.45, 2.75) is 72.1 Å². The maximum absolute atomic E-state index is 13.2. The van der Waals surface area contributed by atoms with Crippen LogP contribution in [0.3, 0.4) is 0 Å². The summed E-state index contributed by atoms with van der Waals surface area (Å²) in [6.45, 7) is 11.7. The number of sulfonamides is 1. The van der Waals surface area contributed by atoms with Crippen LogP contribution in [-0.2, 0) is 27.6 Å². The number of benzene rings is 3. The first-order valence-electron chi connectivity index (χ1n) is 14.5. The van der Waals surface area contributed by atoms with Crippen molar-refractivity contribution in [1.29, 1.82) is 0 Å². The molecular formula is C34H44N2O6S. The zero-order valence-electron chi connectivity index (χ0n) is 26.1. The average molecular weight is 609 g/mol. The Balaban J connectivity index is 1.81. The van der Waals surface area contributed by atoms with Gasteiger partial charge in [0.1, 0.15) is 5.60 Å². The Kier molecular flexibility index (Phi) is 11.2. The molecule has 8 nitrogen and oxygen atoms in total. The Bertz CT molecular complexity index is 1500. The second-order valence-corrected chi connectivity index (χ2v) is 14.1. The largest absolute Gasteiger partial charge is 0.444 e. The Morgan fingerprint density at radius 2 is 1.53 bits per heavy atom. The molecule has 0 aromatic heterocycles. The van der Waals surface area contributed by atoms with Gasteiger partial charge in [0.2, 0.25) is 10.0 Å². The van der Waals surface area contributed by atoms with E-state index in [4.69, 9.17) is 4.74 Å². The summed E-state index contributed by atoms with van der Waals surface area (Å²) >= 11 is 0. The van der Waals surface area contributed by atoms with Gasteiger partial charge in [0, 0.05) is 12.1 Å². The number of hydrogen-bond donors (Lipinski definition) is 2. The highest BCUT2D eigenvalue weighted by Gasteiger charge is 2.30. The third kappa shape index (κ3) is 10.2. The number of aliphatic hydroxyl groups is 1. The number of hydrogen-bond acceptors (Lipinski definition) is 6. The number of carbonyl (C=O) groups is 2. The van der Waals surface area contributed by atoms with E-state index >= 15 is 0 Å². The van der Waals surface area contributed by atoms with Crippen molar-refractivity contribution >= 4 is 22.0 Å². The Morgan fingerprint density at radius 3 is 2.09 bits per heavy atom. The summed E-state index contributed by atoms with van der Waals surface area (Å²) in [5.74, 6) is -0.376. The second kappa shape index (κ2) is 14.2. The molecule has 0 aliphatic carbocycles. The summed E-state index contributed by atoms with van der Waals surface area (Å²) in [6.07, 6.45) is 0.769. The summed E-state index contributed by atoms with van der Waals surface area (Å²) in [6, 6.07) is 22.1. The van der Waals surface area contributed by atoms with E-state index in [9.17, 15) is 23.1 Å². The van der Waals surface area contributed by atoms with Gasteiger partial charge >= 0.3 is 6.09 Å². The Hall–Kier alpha value is -3.69. The first kappa shape index (κ1) is 33.8. The maximum Gasteiger partial charge on any atom is 0.410 e. The van der Waals surface area contributed by atoms with Crippen molar-refractivity contribution in [3.63, 3.8) is 0 Å². The average Bonchev–Trinajstić information content (AvgIpc) is 2.91. The summed E-state index contributed by atoms with van der Waals surface area (Å²) in [4.78, 5) is 27.4. The fourth-order valence-corrected chi connectivity index (χ4v) is 5.27. The molecule has 43 heavy (non-hydrogen) atoms.